The van der Waals surface area contributed by atoms with Crippen LogP contribution >= 0.6 is 0 Å². The highest BCUT2D eigenvalue weighted by atomic mass is 19.1. The molecule has 1 aliphatic rings. The zero-order valence-corrected chi connectivity index (χ0v) is 17.0. The maximum Gasteiger partial charge on any atom is 0.256 e. The van der Waals surface area contributed by atoms with Crippen LogP contribution in [0.25, 0.3) is 11.0 Å². The van der Waals surface area contributed by atoms with Gasteiger partial charge in [0, 0.05) is 23.7 Å². The van der Waals surface area contributed by atoms with Gasteiger partial charge in [0.15, 0.2) is 5.82 Å². The lowest BCUT2D eigenvalue weighted by atomic mass is 10.00. The molecule has 2 aromatic carbocycles. The second kappa shape index (κ2) is 7.74. The Labute approximate surface area is 173 Å². The maximum absolute atomic E-state index is 15.1. The highest BCUT2D eigenvalue weighted by molar-refractivity contribution is 6.08. The number of para-hydroxylation sites is 1. The molecule has 0 fully saturated rings. The van der Waals surface area contributed by atoms with E-state index >= 15 is 4.39 Å². The molecule has 0 aliphatic carbocycles. The number of benzene rings is 2. The molecule has 7 heteroatoms. The molecule has 0 spiro atoms. The molecule has 30 heavy (non-hydrogen) atoms. The third-order valence-electron chi connectivity index (χ3n) is 5.67. The van der Waals surface area contributed by atoms with Crippen molar-refractivity contribution in [3.05, 3.63) is 59.1 Å². The molecule has 2 heterocycles. The Kier molecular flexibility index (Phi) is 5.26. The van der Waals surface area contributed by atoms with Gasteiger partial charge < -0.3 is 24.8 Å². The molecule has 0 atom stereocenters. The summed E-state index contributed by atoms with van der Waals surface area (Å²) in [5, 5.41) is 22.1. The lowest BCUT2D eigenvalue weighted by molar-refractivity contribution is 0.0723. The van der Waals surface area contributed by atoms with E-state index in [1.54, 1.807) is 13.0 Å². The number of aliphatic hydroxyl groups excluding tert-OH is 2. The minimum Gasteiger partial charge on any atom is -0.460 e. The minimum absolute atomic E-state index is 0.268. The van der Waals surface area contributed by atoms with Gasteiger partial charge in [-0.2, -0.15) is 0 Å². The Morgan fingerprint density at radius 1 is 1.23 bits per heavy atom. The second-order valence-electron chi connectivity index (χ2n) is 8.05. The van der Waals surface area contributed by atoms with E-state index in [1.807, 2.05) is 29.2 Å². The first-order valence-electron chi connectivity index (χ1n) is 9.99. The largest absolute Gasteiger partial charge is 0.460 e. The Hall–Kier alpha value is -2.90. The van der Waals surface area contributed by atoms with Crippen molar-refractivity contribution in [1.82, 2.24) is 5.32 Å². The summed E-state index contributed by atoms with van der Waals surface area (Å²) in [7, 11) is 0. The molecule has 4 rings (SSSR count). The van der Waals surface area contributed by atoms with E-state index in [-0.39, 0.29) is 11.1 Å². The SMILES string of the molecule is Cc1oc2cc(F)c(N3CCCc4ccccc43)cc2c1C(=O)NC(C)(CO)CO. The number of hydrogen-bond donors (Lipinski definition) is 3. The number of hydrogen-bond acceptors (Lipinski definition) is 5. The van der Waals surface area contributed by atoms with Crippen LogP contribution in [0.1, 0.15) is 35.0 Å². The van der Waals surface area contributed by atoms with Crippen LogP contribution in [0.5, 0.6) is 0 Å². The van der Waals surface area contributed by atoms with Crippen LogP contribution in [0.15, 0.2) is 40.8 Å². The molecule has 0 unspecified atom stereocenters. The van der Waals surface area contributed by atoms with E-state index in [1.165, 1.54) is 13.0 Å². The third-order valence-corrected chi connectivity index (χ3v) is 5.67. The summed E-state index contributed by atoms with van der Waals surface area (Å²) in [4.78, 5) is 14.9. The predicted molar refractivity (Wildman–Crippen MR) is 113 cm³/mol. The van der Waals surface area contributed by atoms with Crippen LogP contribution in [0.3, 0.4) is 0 Å². The predicted octanol–water partition coefficient (Wildman–Crippen LogP) is 3.44. The van der Waals surface area contributed by atoms with Crippen molar-refractivity contribution in [1.29, 1.82) is 0 Å². The molecule has 3 aromatic rings. The number of nitrogens with one attached hydrogen (secondary N) is 1. The normalized spacial score (nSPS) is 14.1. The lowest BCUT2D eigenvalue weighted by Gasteiger charge is -2.31. The number of halogens is 1. The smallest absolute Gasteiger partial charge is 0.256 e. The molecule has 1 aromatic heterocycles. The van der Waals surface area contributed by atoms with E-state index < -0.39 is 30.5 Å². The van der Waals surface area contributed by atoms with Gasteiger partial charge in [0.1, 0.15) is 11.3 Å². The van der Waals surface area contributed by atoms with Gasteiger partial charge in [-0.15, -0.1) is 0 Å². The molecule has 158 valence electrons. The summed E-state index contributed by atoms with van der Waals surface area (Å²) >= 11 is 0. The molecule has 0 bridgehead atoms. The second-order valence-corrected chi connectivity index (χ2v) is 8.05. The Balaban J connectivity index is 1.81. The van der Waals surface area contributed by atoms with Crippen molar-refractivity contribution in [2.75, 3.05) is 24.7 Å². The van der Waals surface area contributed by atoms with E-state index in [2.05, 4.69) is 5.32 Å². The summed E-state index contributed by atoms with van der Waals surface area (Å²) in [6.45, 7) is 3.00. The van der Waals surface area contributed by atoms with Crippen LogP contribution in [0.4, 0.5) is 15.8 Å². The third kappa shape index (κ3) is 3.44. The molecule has 1 amide bonds. The molecule has 0 saturated carbocycles. The Bertz CT molecular complexity index is 1100. The zero-order valence-electron chi connectivity index (χ0n) is 17.0. The highest BCUT2D eigenvalue weighted by Crippen LogP contribution is 2.38. The van der Waals surface area contributed by atoms with Crippen molar-refractivity contribution in [2.45, 2.75) is 32.2 Å². The van der Waals surface area contributed by atoms with E-state index in [0.717, 1.165) is 24.1 Å². The average molecular weight is 412 g/mol. The van der Waals surface area contributed by atoms with Gasteiger partial charge in [-0.3, -0.25) is 4.79 Å². The molecule has 0 radical (unpaired) electrons. The summed E-state index contributed by atoms with van der Waals surface area (Å²) in [5.41, 5.74) is 1.87. The monoisotopic (exact) mass is 412 g/mol. The Morgan fingerprint density at radius 3 is 2.70 bits per heavy atom. The number of carbonyl (C=O) groups excluding carboxylic acids is 1. The number of aliphatic hydroxyl groups is 2. The van der Waals surface area contributed by atoms with Crippen molar-refractivity contribution >= 4 is 28.3 Å². The fourth-order valence-electron chi connectivity index (χ4n) is 3.97. The number of fused-ring (bicyclic) bond motifs is 2. The first-order valence-corrected chi connectivity index (χ1v) is 9.99. The van der Waals surface area contributed by atoms with Gasteiger partial charge in [0.05, 0.1) is 30.0 Å². The van der Waals surface area contributed by atoms with E-state index in [0.29, 0.717) is 23.4 Å². The average Bonchev–Trinajstić information content (AvgIpc) is 3.07. The summed E-state index contributed by atoms with van der Waals surface area (Å²) < 4.78 is 20.7. The highest BCUT2D eigenvalue weighted by Gasteiger charge is 2.29. The maximum atomic E-state index is 15.1. The Morgan fingerprint density at radius 2 is 1.97 bits per heavy atom. The lowest BCUT2D eigenvalue weighted by Crippen LogP contribution is -2.51. The molecule has 0 saturated heterocycles. The number of carbonyl (C=O) groups is 1. The van der Waals surface area contributed by atoms with Crippen LogP contribution in [-0.4, -0.2) is 41.4 Å². The summed E-state index contributed by atoms with van der Waals surface area (Å²) in [5.74, 6) is -0.569. The van der Waals surface area contributed by atoms with Crippen molar-refractivity contribution in [3.63, 3.8) is 0 Å². The number of aryl methyl sites for hydroxylation is 2. The molecule has 1 aliphatic heterocycles. The fraction of sp³-hybridized carbons (Fsp3) is 0.348. The first kappa shape index (κ1) is 20.4. The first-order chi connectivity index (χ1) is 14.4. The molecular formula is C23H25FN2O4. The van der Waals surface area contributed by atoms with Gasteiger partial charge in [0.25, 0.3) is 5.91 Å². The van der Waals surface area contributed by atoms with Gasteiger partial charge in [-0.1, -0.05) is 18.2 Å². The molecular weight excluding hydrogens is 387 g/mol. The molecule has 6 nitrogen and oxygen atoms in total. The number of nitrogens with zero attached hydrogens (tertiary/aromatic N) is 1. The fourth-order valence-corrected chi connectivity index (χ4v) is 3.97. The summed E-state index contributed by atoms with van der Waals surface area (Å²) in [6.07, 6.45) is 1.84. The van der Waals surface area contributed by atoms with E-state index in [9.17, 15) is 15.0 Å². The van der Waals surface area contributed by atoms with E-state index in [4.69, 9.17) is 4.42 Å². The number of amides is 1. The van der Waals surface area contributed by atoms with Crippen LogP contribution in [0, 0.1) is 12.7 Å². The van der Waals surface area contributed by atoms with Crippen LogP contribution in [-0.2, 0) is 6.42 Å². The minimum atomic E-state index is -1.18. The van der Waals surface area contributed by atoms with Gasteiger partial charge in [0.2, 0.25) is 0 Å². The zero-order chi connectivity index (χ0) is 21.5. The van der Waals surface area contributed by atoms with Crippen molar-refractivity contribution < 1.29 is 23.8 Å². The summed E-state index contributed by atoms with van der Waals surface area (Å²) in [6, 6.07) is 10.9. The van der Waals surface area contributed by atoms with Crippen LogP contribution in [0.2, 0.25) is 0 Å². The number of rotatable bonds is 5. The van der Waals surface area contributed by atoms with Crippen molar-refractivity contribution in [2.24, 2.45) is 0 Å². The topological polar surface area (TPSA) is 85.9 Å². The standard InChI is InChI=1S/C23H25FN2O4/c1-14-21(22(29)25-23(2,12-27)13-28)16-10-19(17(24)11-20(16)30-14)26-9-5-7-15-6-3-4-8-18(15)26/h3-4,6,8,10-11,27-28H,5,7,9,12-13H2,1-2H3,(H,25,29). The van der Waals surface area contributed by atoms with Gasteiger partial charge >= 0.3 is 0 Å². The van der Waals surface area contributed by atoms with Gasteiger partial charge in [-0.25, -0.2) is 4.39 Å². The number of furan rings is 1. The molecule has 3 N–H and O–H groups in total. The van der Waals surface area contributed by atoms with Crippen molar-refractivity contribution in [3.8, 4) is 0 Å². The van der Waals surface area contributed by atoms with Crippen LogP contribution < -0.4 is 10.2 Å². The number of anilines is 2. The quantitative estimate of drug-likeness (QED) is 0.598. The van der Waals surface area contributed by atoms with Gasteiger partial charge in [-0.05, 0) is 44.4 Å².